The second-order valence-electron chi connectivity index (χ2n) is 9.57. The third-order valence-corrected chi connectivity index (χ3v) is 8.11. The molecule has 170 valence electrons. The SMILES string of the molecule is CN1CCC(OC(c2cccc(C(S)C3(CCO)CC3)c2)c2nc3ccccc3[nH]2)CC1. The minimum Gasteiger partial charge on any atom is -0.396 e. The number of rotatable bonds is 8. The molecule has 2 fully saturated rings. The molecule has 2 atom stereocenters. The average Bonchev–Trinajstić information content (AvgIpc) is 3.47. The largest absolute Gasteiger partial charge is 0.396 e. The number of para-hydroxylation sites is 2. The summed E-state index contributed by atoms with van der Waals surface area (Å²) in [6.07, 6.45) is 5.10. The number of nitrogens with one attached hydrogen (secondary N) is 1. The van der Waals surface area contributed by atoms with Gasteiger partial charge in [-0.3, -0.25) is 0 Å². The van der Waals surface area contributed by atoms with Crippen LogP contribution in [0.25, 0.3) is 11.0 Å². The van der Waals surface area contributed by atoms with Gasteiger partial charge in [0.2, 0.25) is 0 Å². The van der Waals surface area contributed by atoms with E-state index >= 15 is 0 Å². The summed E-state index contributed by atoms with van der Waals surface area (Å²) in [5, 5.41) is 9.65. The van der Waals surface area contributed by atoms with Gasteiger partial charge in [0.15, 0.2) is 0 Å². The summed E-state index contributed by atoms with van der Waals surface area (Å²) in [4.78, 5) is 10.8. The average molecular weight is 452 g/mol. The van der Waals surface area contributed by atoms with E-state index in [0.717, 1.165) is 67.6 Å². The summed E-state index contributed by atoms with van der Waals surface area (Å²) in [6.45, 7) is 2.33. The zero-order valence-electron chi connectivity index (χ0n) is 18.7. The van der Waals surface area contributed by atoms with Gasteiger partial charge in [-0.2, -0.15) is 12.6 Å². The number of likely N-dealkylation sites (tertiary alicyclic amines) is 1. The summed E-state index contributed by atoms with van der Waals surface area (Å²) < 4.78 is 6.74. The quantitative estimate of drug-likeness (QED) is 0.427. The molecule has 0 radical (unpaired) electrons. The van der Waals surface area contributed by atoms with Crippen LogP contribution < -0.4 is 0 Å². The zero-order chi connectivity index (χ0) is 22.1. The van der Waals surface area contributed by atoms with Crippen LogP contribution >= 0.6 is 12.6 Å². The number of imidazole rings is 1. The maximum absolute atomic E-state index is 9.53. The number of piperidine rings is 1. The number of fused-ring (bicyclic) bond motifs is 1. The molecule has 5 rings (SSSR count). The van der Waals surface area contributed by atoms with E-state index in [1.54, 1.807) is 0 Å². The predicted molar refractivity (Wildman–Crippen MR) is 131 cm³/mol. The Hall–Kier alpha value is -1.86. The second kappa shape index (κ2) is 9.18. The number of aromatic nitrogens is 2. The normalized spacial score (nSPS) is 21.0. The van der Waals surface area contributed by atoms with Crippen LogP contribution in [0.2, 0.25) is 0 Å². The number of hydrogen-bond acceptors (Lipinski definition) is 5. The first-order valence-electron chi connectivity index (χ1n) is 11.8. The highest BCUT2D eigenvalue weighted by molar-refractivity contribution is 7.80. The molecule has 1 saturated heterocycles. The van der Waals surface area contributed by atoms with Crippen LogP contribution in [0.4, 0.5) is 0 Å². The van der Waals surface area contributed by atoms with Gasteiger partial charge in [0.25, 0.3) is 0 Å². The van der Waals surface area contributed by atoms with Gasteiger partial charge >= 0.3 is 0 Å². The van der Waals surface area contributed by atoms with E-state index in [1.165, 1.54) is 5.56 Å². The Morgan fingerprint density at radius 1 is 1.16 bits per heavy atom. The Labute approximate surface area is 195 Å². The van der Waals surface area contributed by atoms with Gasteiger partial charge in [-0.1, -0.05) is 36.4 Å². The molecule has 1 saturated carbocycles. The molecule has 1 aliphatic carbocycles. The van der Waals surface area contributed by atoms with Crippen molar-refractivity contribution in [2.24, 2.45) is 5.41 Å². The number of aliphatic hydroxyl groups excluding tert-OH is 1. The lowest BCUT2D eigenvalue weighted by molar-refractivity contribution is -0.0264. The van der Waals surface area contributed by atoms with Crippen molar-refractivity contribution in [2.75, 3.05) is 26.7 Å². The maximum atomic E-state index is 9.53. The first-order valence-corrected chi connectivity index (χ1v) is 12.3. The van der Waals surface area contributed by atoms with Crippen molar-refractivity contribution in [3.05, 3.63) is 65.5 Å². The molecule has 2 heterocycles. The number of hydrogen-bond donors (Lipinski definition) is 3. The molecule has 5 nitrogen and oxygen atoms in total. The zero-order valence-corrected chi connectivity index (χ0v) is 19.6. The third kappa shape index (κ3) is 4.46. The Bertz CT molecular complexity index is 1020. The van der Waals surface area contributed by atoms with E-state index in [1.807, 2.05) is 18.2 Å². The molecule has 0 spiro atoms. The van der Waals surface area contributed by atoms with Crippen molar-refractivity contribution in [1.29, 1.82) is 0 Å². The van der Waals surface area contributed by atoms with Crippen molar-refractivity contribution in [2.45, 2.75) is 49.6 Å². The maximum Gasteiger partial charge on any atom is 0.141 e. The van der Waals surface area contributed by atoms with Crippen LogP contribution in [0, 0.1) is 5.41 Å². The lowest BCUT2D eigenvalue weighted by atomic mass is 9.91. The first kappa shape index (κ1) is 22.0. The molecular weight excluding hydrogens is 418 g/mol. The molecule has 1 aliphatic heterocycles. The van der Waals surface area contributed by atoms with Gasteiger partial charge < -0.3 is 19.7 Å². The Morgan fingerprint density at radius 3 is 2.62 bits per heavy atom. The van der Waals surface area contributed by atoms with Crippen LogP contribution in [0.1, 0.15) is 60.4 Å². The Balaban J connectivity index is 1.47. The molecule has 0 amide bonds. The summed E-state index contributed by atoms with van der Waals surface area (Å²) >= 11 is 5.00. The summed E-state index contributed by atoms with van der Waals surface area (Å²) in [6, 6.07) is 16.8. The summed E-state index contributed by atoms with van der Waals surface area (Å²) in [5.41, 5.74) is 4.43. The van der Waals surface area contributed by atoms with Crippen molar-refractivity contribution in [3.63, 3.8) is 0 Å². The van der Waals surface area contributed by atoms with Gasteiger partial charge in [-0.05, 0) is 67.8 Å². The Morgan fingerprint density at radius 2 is 1.91 bits per heavy atom. The molecular formula is C26H33N3O2S. The molecule has 2 aromatic carbocycles. The fourth-order valence-corrected chi connectivity index (χ4v) is 5.55. The second-order valence-corrected chi connectivity index (χ2v) is 10.1. The van der Waals surface area contributed by atoms with E-state index in [0.29, 0.717) is 0 Å². The van der Waals surface area contributed by atoms with Gasteiger partial charge in [-0.25, -0.2) is 4.98 Å². The minimum absolute atomic E-state index is 0.120. The van der Waals surface area contributed by atoms with Crippen molar-refractivity contribution in [1.82, 2.24) is 14.9 Å². The van der Waals surface area contributed by atoms with E-state index in [-0.39, 0.29) is 29.5 Å². The molecule has 2 unspecified atom stereocenters. The fraction of sp³-hybridized carbons (Fsp3) is 0.500. The number of H-pyrrole nitrogens is 1. The van der Waals surface area contributed by atoms with E-state index in [9.17, 15) is 5.11 Å². The first-order chi connectivity index (χ1) is 15.6. The molecule has 2 aliphatic rings. The number of ether oxygens (including phenoxy) is 1. The van der Waals surface area contributed by atoms with Crippen molar-refractivity contribution < 1.29 is 9.84 Å². The molecule has 6 heteroatoms. The lowest BCUT2D eigenvalue weighted by Gasteiger charge is -2.32. The lowest BCUT2D eigenvalue weighted by Crippen LogP contribution is -2.35. The highest BCUT2D eigenvalue weighted by atomic mass is 32.1. The molecule has 2 N–H and O–H groups in total. The van der Waals surface area contributed by atoms with E-state index in [4.69, 9.17) is 22.3 Å². The third-order valence-electron chi connectivity index (χ3n) is 7.26. The van der Waals surface area contributed by atoms with Crippen LogP contribution in [0.15, 0.2) is 48.5 Å². The topological polar surface area (TPSA) is 61.4 Å². The monoisotopic (exact) mass is 451 g/mol. The molecule has 1 aromatic heterocycles. The van der Waals surface area contributed by atoms with Gasteiger partial charge in [-0.15, -0.1) is 0 Å². The highest BCUT2D eigenvalue weighted by Gasteiger charge is 2.47. The summed E-state index contributed by atoms with van der Waals surface area (Å²) in [7, 11) is 2.17. The molecule has 32 heavy (non-hydrogen) atoms. The number of aromatic amines is 1. The van der Waals surface area contributed by atoms with E-state index in [2.05, 4.69) is 47.3 Å². The number of aliphatic hydroxyl groups is 1. The van der Waals surface area contributed by atoms with Crippen molar-refractivity contribution >= 4 is 23.7 Å². The number of benzene rings is 2. The van der Waals surface area contributed by atoms with Gasteiger partial charge in [0.1, 0.15) is 11.9 Å². The molecule has 0 bridgehead atoms. The van der Waals surface area contributed by atoms with Gasteiger partial charge in [0, 0.05) is 24.9 Å². The number of thiol groups is 1. The summed E-state index contributed by atoms with van der Waals surface area (Å²) in [5.74, 6) is 0.856. The molecule has 3 aromatic rings. The van der Waals surface area contributed by atoms with Crippen LogP contribution in [0.5, 0.6) is 0 Å². The highest BCUT2D eigenvalue weighted by Crippen LogP contribution is 2.60. The van der Waals surface area contributed by atoms with Gasteiger partial charge in [0.05, 0.1) is 17.1 Å². The minimum atomic E-state index is -0.246. The van der Waals surface area contributed by atoms with Crippen LogP contribution in [-0.4, -0.2) is 52.8 Å². The predicted octanol–water partition coefficient (Wildman–Crippen LogP) is 4.90. The van der Waals surface area contributed by atoms with Crippen molar-refractivity contribution in [3.8, 4) is 0 Å². The van der Waals surface area contributed by atoms with E-state index < -0.39 is 0 Å². The Kier molecular flexibility index (Phi) is 6.30. The smallest absolute Gasteiger partial charge is 0.141 e. The standard InChI is InChI=1S/C26H33N3O2S/c1-29-14-9-20(10-15-29)31-23(25-27-21-7-2-3-8-22(21)28-25)18-5-4-6-19(17-18)24(32)26(11-12-26)13-16-30/h2-8,17,20,23-24,30,32H,9-16H2,1H3,(H,27,28). The van der Waals surface area contributed by atoms with Crippen LogP contribution in [0.3, 0.4) is 0 Å². The van der Waals surface area contributed by atoms with Crippen LogP contribution in [-0.2, 0) is 4.74 Å². The number of nitrogens with zero attached hydrogens (tertiary/aromatic N) is 2. The fourth-order valence-electron chi connectivity index (χ4n) is 5.00.